The van der Waals surface area contributed by atoms with Crippen LogP contribution in [0, 0.1) is 6.92 Å². The molecule has 0 saturated carbocycles. The molecule has 4 rings (SSSR count). The van der Waals surface area contributed by atoms with E-state index < -0.39 is 0 Å². The van der Waals surface area contributed by atoms with Gasteiger partial charge >= 0.3 is 0 Å². The Balaban J connectivity index is 0.00000342. The van der Waals surface area contributed by atoms with E-state index in [1.807, 2.05) is 68.8 Å². The Bertz CT molecular complexity index is 1330. The van der Waals surface area contributed by atoms with Crippen LogP contribution in [0.5, 0.6) is 11.5 Å². The first kappa shape index (κ1) is 26.0. The Labute approximate surface area is 210 Å². The van der Waals surface area contributed by atoms with Gasteiger partial charge in [0.25, 0.3) is 5.91 Å². The van der Waals surface area contributed by atoms with E-state index in [2.05, 4.69) is 20.6 Å². The molecule has 35 heavy (non-hydrogen) atoms. The normalized spacial score (nSPS) is 11.1. The van der Waals surface area contributed by atoms with Crippen molar-refractivity contribution in [3.05, 3.63) is 72.2 Å². The average Bonchev–Trinajstić information content (AvgIpc) is 3.19. The van der Waals surface area contributed by atoms with Gasteiger partial charge in [0.1, 0.15) is 23.3 Å². The Morgan fingerprint density at radius 1 is 1.11 bits per heavy atom. The van der Waals surface area contributed by atoms with Crippen molar-refractivity contribution in [3.63, 3.8) is 0 Å². The third-order valence-corrected chi connectivity index (χ3v) is 5.14. The van der Waals surface area contributed by atoms with E-state index in [4.69, 9.17) is 4.74 Å². The fourth-order valence-electron chi connectivity index (χ4n) is 3.64. The van der Waals surface area contributed by atoms with Gasteiger partial charge in [0.2, 0.25) is 0 Å². The van der Waals surface area contributed by atoms with E-state index in [-0.39, 0.29) is 30.5 Å². The summed E-state index contributed by atoms with van der Waals surface area (Å²) in [6, 6.07) is 14.8. The second kappa shape index (κ2) is 10.8. The van der Waals surface area contributed by atoms with E-state index in [1.165, 1.54) is 6.33 Å². The van der Waals surface area contributed by atoms with Gasteiger partial charge in [-0.3, -0.25) is 4.79 Å². The molecule has 0 unspecified atom stereocenters. The summed E-state index contributed by atoms with van der Waals surface area (Å²) in [7, 11) is 0. The zero-order valence-electron chi connectivity index (χ0n) is 20.2. The number of carbonyl (C=O) groups excluding carboxylic acids is 1. The highest BCUT2D eigenvalue weighted by Crippen LogP contribution is 2.30. The first-order chi connectivity index (χ1) is 16.2. The van der Waals surface area contributed by atoms with Crippen molar-refractivity contribution in [2.45, 2.75) is 39.8 Å². The van der Waals surface area contributed by atoms with Gasteiger partial charge in [-0.1, -0.05) is 6.07 Å². The Morgan fingerprint density at radius 3 is 2.63 bits per heavy atom. The van der Waals surface area contributed by atoms with Crippen LogP contribution in [0.2, 0.25) is 0 Å². The molecule has 2 aromatic carbocycles. The number of hydrogen-bond acceptors (Lipinski definition) is 6. The summed E-state index contributed by atoms with van der Waals surface area (Å²) >= 11 is 0. The molecule has 0 bridgehead atoms. The van der Waals surface area contributed by atoms with Crippen molar-refractivity contribution in [1.82, 2.24) is 19.9 Å². The second-order valence-corrected chi connectivity index (χ2v) is 9.13. The van der Waals surface area contributed by atoms with Crippen LogP contribution in [0.15, 0.2) is 61.1 Å². The molecule has 0 aliphatic carbocycles. The maximum absolute atomic E-state index is 12.5. The summed E-state index contributed by atoms with van der Waals surface area (Å²) < 4.78 is 8.00. The maximum atomic E-state index is 12.5. The van der Waals surface area contributed by atoms with E-state index in [1.54, 1.807) is 18.2 Å². The van der Waals surface area contributed by atoms with E-state index in [0.29, 0.717) is 29.4 Å². The monoisotopic (exact) mass is 495 g/mol. The van der Waals surface area contributed by atoms with E-state index in [9.17, 15) is 9.90 Å². The number of hydrogen-bond donors (Lipinski definition) is 3. The third kappa shape index (κ3) is 6.29. The minimum Gasteiger partial charge on any atom is -0.457 e. The molecule has 0 fully saturated rings. The van der Waals surface area contributed by atoms with Gasteiger partial charge < -0.3 is 25.0 Å². The van der Waals surface area contributed by atoms with Gasteiger partial charge in [0.05, 0.1) is 12.1 Å². The summed E-state index contributed by atoms with van der Waals surface area (Å²) in [4.78, 5) is 21.2. The third-order valence-electron chi connectivity index (χ3n) is 5.14. The van der Waals surface area contributed by atoms with Crippen molar-refractivity contribution < 1.29 is 14.6 Å². The molecule has 9 heteroatoms. The van der Waals surface area contributed by atoms with Crippen LogP contribution in [0.3, 0.4) is 0 Å². The molecule has 0 radical (unpaired) electrons. The molecule has 3 N–H and O–H groups in total. The highest BCUT2D eigenvalue weighted by molar-refractivity contribution is 5.95. The SMILES string of the molecule is Cc1cc(Nc2ncnc3ccn(CCO)c23)ccc1Oc1cccc(C(=O)NC(C)(C)C)c1.Cl. The van der Waals surface area contributed by atoms with Crippen LogP contribution >= 0.6 is 12.4 Å². The molecule has 184 valence electrons. The zero-order chi connectivity index (χ0) is 24.3. The smallest absolute Gasteiger partial charge is 0.251 e. The highest BCUT2D eigenvalue weighted by Gasteiger charge is 2.16. The molecular formula is C26H30ClN5O3. The molecule has 2 heterocycles. The lowest BCUT2D eigenvalue weighted by Gasteiger charge is -2.20. The Hall–Kier alpha value is -3.62. The van der Waals surface area contributed by atoms with Crippen LogP contribution in [0.1, 0.15) is 36.7 Å². The number of rotatable bonds is 7. The lowest BCUT2D eigenvalue weighted by molar-refractivity contribution is 0.0919. The number of amides is 1. The van der Waals surface area contributed by atoms with Gasteiger partial charge in [0.15, 0.2) is 5.82 Å². The summed E-state index contributed by atoms with van der Waals surface area (Å²) in [5.74, 6) is 1.80. The molecule has 1 amide bonds. The predicted octanol–water partition coefficient (Wildman–Crippen LogP) is 5.22. The van der Waals surface area contributed by atoms with Gasteiger partial charge in [-0.25, -0.2) is 9.97 Å². The number of halogens is 1. The number of aryl methyl sites for hydroxylation is 1. The lowest BCUT2D eigenvalue weighted by atomic mass is 10.1. The summed E-state index contributed by atoms with van der Waals surface area (Å²) in [5.41, 5.74) is 3.63. The van der Waals surface area contributed by atoms with Crippen molar-refractivity contribution in [2.75, 3.05) is 11.9 Å². The van der Waals surface area contributed by atoms with Crippen LogP contribution < -0.4 is 15.4 Å². The summed E-state index contributed by atoms with van der Waals surface area (Å²) in [6.07, 6.45) is 3.40. The number of benzene rings is 2. The van der Waals surface area contributed by atoms with Crippen LogP contribution in [-0.2, 0) is 6.54 Å². The Kier molecular flexibility index (Phi) is 7.99. The molecule has 8 nitrogen and oxygen atoms in total. The molecule has 0 aliphatic heterocycles. The standard InChI is InChI=1S/C26H29N5O3.ClH/c1-17-14-19(29-24-23-21(27-16-28-24)10-11-31(23)12-13-32)8-9-22(17)34-20-7-5-6-18(15-20)25(33)30-26(2,3)4;/h5-11,14-16,32H,12-13H2,1-4H3,(H,30,33)(H,27,28,29);1H. The maximum Gasteiger partial charge on any atom is 0.251 e. The first-order valence-electron chi connectivity index (χ1n) is 11.1. The number of nitrogens with one attached hydrogen (secondary N) is 2. The number of fused-ring (bicyclic) bond motifs is 1. The van der Waals surface area contributed by atoms with Crippen LogP contribution in [0.4, 0.5) is 11.5 Å². The Morgan fingerprint density at radius 2 is 1.91 bits per heavy atom. The minimum atomic E-state index is -0.317. The topological polar surface area (TPSA) is 101 Å². The molecule has 0 atom stereocenters. The molecule has 2 aromatic heterocycles. The number of nitrogens with zero attached hydrogens (tertiary/aromatic N) is 3. The average molecular weight is 496 g/mol. The van der Waals surface area contributed by atoms with Gasteiger partial charge in [-0.15, -0.1) is 12.4 Å². The molecular weight excluding hydrogens is 466 g/mol. The number of carbonyl (C=O) groups is 1. The van der Waals surface area contributed by atoms with Crippen LogP contribution in [-0.4, -0.2) is 37.7 Å². The number of ether oxygens (including phenoxy) is 1. The minimum absolute atomic E-state index is 0. The largest absolute Gasteiger partial charge is 0.457 e. The second-order valence-electron chi connectivity index (χ2n) is 9.13. The molecule has 0 spiro atoms. The fourth-order valence-corrected chi connectivity index (χ4v) is 3.64. The number of aliphatic hydroxyl groups excluding tert-OH is 1. The van der Waals surface area contributed by atoms with Gasteiger partial charge in [-0.05, 0) is 75.7 Å². The zero-order valence-corrected chi connectivity index (χ0v) is 21.0. The van der Waals surface area contributed by atoms with Crippen molar-refractivity contribution >= 4 is 40.9 Å². The van der Waals surface area contributed by atoms with Crippen molar-refractivity contribution in [3.8, 4) is 11.5 Å². The number of aliphatic hydroxyl groups is 1. The van der Waals surface area contributed by atoms with Gasteiger partial charge in [0, 0.05) is 29.5 Å². The molecule has 0 saturated heterocycles. The molecule has 0 aliphatic rings. The summed E-state index contributed by atoms with van der Waals surface area (Å²) in [6.45, 7) is 8.29. The fraction of sp³-hybridized carbons (Fsp3) is 0.269. The molecule has 4 aromatic rings. The van der Waals surface area contributed by atoms with Gasteiger partial charge in [-0.2, -0.15) is 0 Å². The van der Waals surface area contributed by atoms with Crippen LogP contribution in [0.25, 0.3) is 11.0 Å². The highest BCUT2D eigenvalue weighted by atomic mass is 35.5. The summed E-state index contributed by atoms with van der Waals surface area (Å²) in [5, 5.41) is 15.7. The number of anilines is 2. The lowest BCUT2D eigenvalue weighted by Crippen LogP contribution is -2.40. The van der Waals surface area contributed by atoms with Crippen molar-refractivity contribution in [1.29, 1.82) is 0 Å². The van der Waals surface area contributed by atoms with E-state index >= 15 is 0 Å². The first-order valence-corrected chi connectivity index (χ1v) is 11.1. The van der Waals surface area contributed by atoms with Crippen molar-refractivity contribution in [2.24, 2.45) is 0 Å². The number of aromatic nitrogens is 3. The quantitative estimate of drug-likeness (QED) is 0.325. The predicted molar refractivity (Wildman–Crippen MR) is 140 cm³/mol. The van der Waals surface area contributed by atoms with E-state index in [0.717, 1.165) is 22.3 Å².